The minimum absolute atomic E-state index is 0. The molecule has 0 spiro atoms. The molecule has 0 aromatic carbocycles. The minimum Gasteiger partial charge on any atom is -0.363 e. The first-order chi connectivity index (χ1) is 3.80. The molecule has 50 valence electrons. The van der Waals surface area contributed by atoms with Gasteiger partial charge in [0.15, 0.2) is 0 Å². The van der Waals surface area contributed by atoms with E-state index in [4.69, 9.17) is 5.73 Å². The molecule has 1 aromatic rings. The maximum Gasteiger partial charge on any atom is 0.290 e. The fourth-order valence-electron chi connectivity index (χ4n) is 0.266. The van der Waals surface area contributed by atoms with Crippen LogP contribution in [0, 0.1) is 0 Å². The highest BCUT2D eigenvalue weighted by Gasteiger charge is 2.01. The Kier molecular flexibility index (Phi) is 2.59. The molecule has 0 aliphatic heterocycles. The molecule has 7 heteroatoms. The standard InChI is InChI=1S/C2H3N5O.ClH/c3-1(8)2-4-6-7-5-2;/h(H2,3,8)(H,4,5,6,7);1H. The van der Waals surface area contributed by atoms with Gasteiger partial charge in [-0.1, -0.05) is 0 Å². The van der Waals surface area contributed by atoms with Crippen molar-refractivity contribution in [2.75, 3.05) is 0 Å². The van der Waals surface area contributed by atoms with Gasteiger partial charge in [0, 0.05) is 0 Å². The molecule has 0 radical (unpaired) electrons. The third-order valence-electron chi connectivity index (χ3n) is 0.566. The van der Waals surface area contributed by atoms with Gasteiger partial charge in [-0.2, -0.15) is 5.21 Å². The van der Waals surface area contributed by atoms with Crippen LogP contribution in [0.25, 0.3) is 0 Å². The summed E-state index contributed by atoms with van der Waals surface area (Å²) in [5.74, 6) is -0.774. The number of tetrazole rings is 1. The van der Waals surface area contributed by atoms with Crippen LogP contribution in [0.3, 0.4) is 0 Å². The highest BCUT2D eigenvalue weighted by atomic mass is 35.5. The Labute approximate surface area is 56.2 Å². The summed E-state index contributed by atoms with van der Waals surface area (Å²) >= 11 is 0. The number of hydrogen-bond acceptors (Lipinski definition) is 4. The van der Waals surface area contributed by atoms with Crippen LogP contribution in [-0.4, -0.2) is 26.5 Å². The summed E-state index contributed by atoms with van der Waals surface area (Å²) in [7, 11) is 0. The Morgan fingerprint density at radius 3 is 2.56 bits per heavy atom. The smallest absolute Gasteiger partial charge is 0.290 e. The Morgan fingerprint density at radius 1 is 1.67 bits per heavy atom. The molecular formula is C2H4ClN5O. The van der Waals surface area contributed by atoms with Gasteiger partial charge in [-0.05, 0) is 5.21 Å². The molecule has 0 aliphatic carbocycles. The van der Waals surface area contributed by atoms with Gasteiger partial charge in [0.05, 0.1) is 0 Å². The molecule has 6 nitrogen and oxygen atoms in total. The highest BCUT2D eigenvalue weighted by molar-refractivity contribution is 5.88. The van der Waals surface area contributed by atoms with Crippen molar-refractivity contribution in [1.82, 2.24) is 20.6 Å². The van der Waals surface area contributed by atoms with Gasteiger partial charge in [0.25, 0.3) is 11.7 Å². The molecule has 0 unspecified atom stereocenters. The van der Waals surface area contributed by atoms with Crippen molar-refractivity contribution in [2.45, 2.75) is 0 Å². The molecule has 0 atom stereocenters. The first-order valence-corrected chi connectivity index (χ1v) is 1.84. The number of hydrogen-bond donors (Lipinski definition) is 2. The summed E-state index contributed by atoms with van der Waals surface area (Å²) in [6.07, 6.45) is 0. The maximum absolute atomic E-state index is 10.1. The van der Waals surface area contributed by atoms with Gasteiger partial charge in [-0.15, -0.1) is 22.6 Å². The molecule has 1 aromatic heterocycles. The Morgan fingerprint density at radius 2 is 2.33 bits per heavy atom. The number of nitrogens with zero attached hydrogens (tertiary/aromatic N) is 3. The van der Waals surface area contributed by atoms with Gasteiger partial charge in [-0.3, -0.25) is 4.79 Å². The lowest BCUT2D eigenvalue weighted by molar-refractivity contribution is 0.0990. The average molecular weight is 150 g/mol. The highest BCUT2D eigenvalue weighted by Crippen LogP contribution is 1.75. The van der Waals surface area contributed by atoms with Crippen LogP contribution in [0.5, 0.6) is 0 Å². The van der Waals surface area contributed by atoms with Crippen LogP contribution in [0.15, 0.2) is 0 Å². The Bertz CT molecular complexity index is 183. The number of nitrogens with two attached hydrogens (primary N) is 1. The van der Waals surface area contributed by atoms with Crippen molar-refractivity contribution in [3.8, 4) is 0 Å². The summed E-state index contributed by atoms with van der Waals surface area (Å²) < 4.78 is 0. The zero-order chi connectivity index (χ0) is 5.98. The summed E-state index contributed by atoms with van der Waals surface area (Å²) in [5, 5.41) is 11.8. The molecule has 0 aliphatic rings. The van der Waals surface area contributed by atoms with E-state index >= 15 is 0 Å². The van der Waals surface area contributed by atoms with E-state index in [0.29, 0.717) is 0 Å². The quantitative estimate of drug-likeness (QED) is 0.520. The predicted molar refractivity (Wildman–Crippen MR) is 29.9 cm³/mol. The average Bonchev–Trinajstić information content (AvgIpc) is 2.12. The van der Waals surface area contributed by atoms with E-state index in [1.807, 2.05) is 0 Å². The van der Waals surface area contributed by atoms with Crippen LogP contribution >= 0.6 is 12.4 Å². The van der Waals surface area contributed by atoms with E-state index < -0.39 is 5.91 Å². The number of carbonyl (C=O) groups is 1. The van der Waals surface area contributed by atoms with E-state index in [2.05, 4.69) is 20.6 Å². The van der Waals surface area contributed by atoms with Crippen molar-refractivity contribution in [3.63, 3.8) is 0 Å². The summed E-state index contributed by atoms with van der Waals surface area (Å²) in [6.45, 7) is 0. The number of primary amides is 1. The normalized spacial score (nSPS) is 8.00. The van der Waals surface area contributed by atoms with Crippen LogP contribution in [0.2, 0.25) is 0 Å². The summed E-state index contributed by atoms with van der Waals surface area (Å²) in [4.78, 5) is 10.1. The lowest BCUT2D eigenvalue weighted by atomic mass is 10.6. The van der Waals surface area contributed by atoms with Crippen molar-refractivity contribution in [3.05, 3.63) is 5.82 Å². The van der Waals surface area contributed by atoms with Crippen LogP contribution in [0.1, 0.15) is 10.6 Å². The van der Waals surface area contributed by atoms with Gasteiger partial charge in [0.1, 0.15) is 0 Å². The van der Waals surface area contributed by atoms with E-state index in [9.17, 15) is 4.79 Å². The molecule has 0 saturated heterocycles. The van der Waals surface area contributed by atoms with Gasteiger partial charge in [-0.25, -0.2) is 0 Å². The fourth-order valence-corrected chi connectivity index (χ4v) is 0.266. The third-order valence-corrected chi connectivity index (χ3v) is 0.566. The zero-order valence-electron chi connectivity index (χ0n) is 4.24. The summed E-state index contributed by atoms with van der Waals surface area (Å²) in [5.41, 5.74) is 4.73. The van der Waals surface area contributed by atoms with Crippen molar-refractivity contribution in [1.29, 1.82) is 0 Å². The molecule has 9 heavy (non-hydrogen) atoms. The lowest BCUT2D eigenvalue weighted by Gasteiger charge is -1.75. The van der Waals surface area contributed by atoms with Gasteiger partial charge >= 0.3 is 0 Å². The fraction of sp³-hybridized carbons (Fsp3) is 0. The number of H-pyrrole nitrogens is 1. The Balaban J connectivity index is 0.000000640. The molecule has 0 fully saturated rings. The van der Waals surface area contributed by atoms with Crippen molar-refractivity contribution in [2.24, 2.45) is 5.73 Å². The SMILES string of the molecule is Cl.NC(=O)c1nn[nH]n1. The second-order valence-electron chi connectivity index (χ2n) is 1.10. The van der Waals surface area contributed by atoms with Crippen LogP contribution in [-0.2, 0) is 0 Å². The zero-order valence-corrected chi connectivity index (χ0v) is 5.05. The van der Waals surface area contributed by atoms with E-state index in [0.717, 1.165) is 0 Å². The first-order valence-electron chi connectivity index (χ1n) is 1.84. The lowest BCUT2D eigenvalue weighted by Crippen LogP contribution is -2.12. The molecule has 1 rings (SSSR count). The second kappa shape index (κ2) is 2.98. The van der Waals surface area contributed by atoms with Crippen molar-refractivity contribution < 1.29 is 4.79 Å². The number of aromatic amines is 1. The third kappa shape index (κ3) is 1.65. The van der Waals surface area contributed by atoms with E-state index in [1.165, 1.54) is 0 Å². The van der Waals surface area contributed by atoms with Gasteiger partial charge < -0.3 is 5.73 Å². The predicted octanol–water partition coefficient (Wildman–Crippen LogP) is -1.28. The molecule has 0 saturated carbocycles. The van der Waals surface area contributed by atoms with E-state index in [1.54, 1.807) is 0 Å². The number of amides is 1. The monoisotopic (exact) mass is 149 g/mol. The van der Waals surface area contributed by atoms with Gasteiger partial charge in [0.2, 0.25) is 0 Å². The van der Waals surface area contributed by atoms with Crippen LogP contribution < -0.4 is 5.73 Å². The number of rotatable bonds is 1. The number of carbonyl (C=O) groups excluding carboxylic acids is 1. The molecule has 1 heterocycles. The Hall–Kier alpha value is -1.17. The largest absolute Gasteiger partial charge is 0.363 e. The number of aromatic nitrogens is 4. The molecule has 1 amide bonds. The molecule has 0 bridgehead atoms. The number of nitrogens with one attached hydrogen (secondary N) is 1. The maximum atomic E-state index is 10.1. The van der Waals surface area contributed by atoms with Crippen LogP contribution in [0.4, 0.5) is 0 Å². The summed E-state index contributed by atoms with van der Waals surface area (Å²) in [6, 6.07) is 0. The topological polar surface area (TPSA) is 97.5 Å². The molecule has 3 N–H and O–H groups in total. The first kappa shape index (κ1) is 7.83. The minimum atomic E-state index is -0.682. The molecular weight excluding hydrogens is 146 g/mol. The van der Waals surface area contributed by atoms with Crippen molar-refractivity contribution >= 4 is 18.3 Å². The number of halogens is 1. The van der Waals surface area contributed by atoms with E-state index in [-0.39, 0.29) is 18.2 Å². The second-order valence-corrected chi connectivity index (χ2v) is 1.10.